The Morgan fingerprint density at radius 3 is 2.45 bits per heavy atom. The molecule has 2 heterocycles. The summed E-state index contributed by atoms with van der Waals surface area (Å²) in [5, 5.41) is 26.8. The zero-order valence-corrected chi connectivity index (χ0v) is 18.5. The van der Waals surface area contributed by atoms with Crippen molar-refractivity contribution >= 4 is 23.3 Å². The molecule has 2 aliphatic rings. The number of nitriles is 1. The quantitative estimate of drug-likeness (QED) is 0.394. The van der Waals surface area contributed by atoms with Crippen LogP contribution in [0.4, 0.5) is 11.6 Å². The van der Waals surface area contributed by atoms with Crippen molar-refractivity contribution in [3.8, 4) is 6.07 Å². The van der Waals surface area contributed by atoms with Crippen molar-refractivity contribution in [3.05, 3.63) is 17.7 Å². The van der Waals surface area contributed by atoms with Crippen LogP contribution < -0.4 is 16.0 Å². The molecule has 2 fully saturated rings. The number of nitrogens with zero attached hydrogens (tertiary/aromatic N) is 3. The van der Waals surface area contributed by atoms with E-state index < -0.39 is 0 Å². The lowest BCUT2D eigenvalue weighted by Gasteiger charge is -2.30. The Kier molecular flexibility index (Phi) is 8.65. The average Bonchev–Trinajstić information content (AvgIpc) is 2.76. The van der Waals surface area contributed by atoms with Gasteiger partial charge in [0.2, 0.25) is 0 Å². The number of nitrogens with one attached hydrogen (secondary N) is 4. The maximum Gasteiger partial charge on any atom is 0.270 e. The number of hydrogen-bond donors (Lipinski definition) is 4. The van der Waals surface area contributed by atoms with E-state index in [4.69, 9.17) is 10.7 Å². The Morgan fingerprint density at radius 1 is 1.13 bits per heavy atom. The Morgan fingerprint density at radius 2 is 1.81 bits per heavy atom. The molecule has 168 valence electrons. The molecule has 1 aliphatic carbocycles. The maximum atomic E-state index is 12.7. The second-order valence-electron chi connectivity index (χ2n) is 8.59. The van der Waals surface area contributed by atoms with Gasteiger partial charge in [-0.25, -0.2) is 4.98 Å². The Labute approximate surface area is 185 Å². The molecular weight excluding hydrogens is 390 g/mol. The van der Waals surface area contributed by atoms with Crippen LogP contribution in [0.15, 0.2) is 12.1 Å². The molecule has 1 aromatic rings. The van der Waals surface area contributed by atoms with Crippen LogP contribution in [-0.2, 0) is 4.79 Å². The monoisotopic (exact) mass is 425 g/mol. The molecule has 31 heavy (non-hydrogen) atoms. The number of piperidine rings is 1. The molecule has 0 atom stereocenters. The summed E-state index contributed by atoms with van der Waals surface area (Å²) in [5.41, 5.74) is 0.430. The first kappa shape index (κ1) is 23.0. The zero-order chi connectivity index (χ0) is 22.1. The van der Waals surface area contributed by atoms with Crippen LogP contribution in [0.1, 0.15) is 63.4 Å². The van der Waals surface area contributed by atoms with E-state index in [1.807, 2.05) is 12.1 Å². The van der Waals surface area contributed by atoms with Crippen LogP contribution in [0.3, 0.4) is 0 Å². The summed E-state index contributed by atoms with van der Waals surface area (Å²) in [5.74, 6) is 0.953. The summed E-state index contributed by atoms with van der Waals surface area (Å²) in [7, 11) is 1.77. The van der Waals surface area contributed by atoms with Crippen molar-refractivity contribution in [3.63, 3.8) is 0 Å². The van der Waals surface area contributed by atoms with Crippen molar-refractivity contribution < 1.29 is 4.79 Å². The third kappa shape index (κ3) is 6.66. The predicted octanol–water partition coefficient (Wildman–Crippen LogP) is 3.12. The Hall–Kier alpha value is -2.66. The SMILES string of the molecule is CNc1nc(NC2CCCCCCC2)ccc1C(=N)C(=O)NC1CCN(CC#N)CC1. The van der Waals surface area contributed by atoms with E-state index in [0.717, 1.165) is 44.6 Å². The van der Waals surface area contributed by atoms with Gasteiger partial charge in [0, 0.05) is 37.8 Å². The minimum Gasteiger partial charge on any atom is -0.373 e. The molecule has 0 bridgehead atoms. The van der Waals surface area contributed by atoms with Gasteiger partial charge in [-0.2, -0.15) is 5.26 Å². The third-order valence-electron chi connectivity index (χ3n) is 6.30. The number of rotatable bonds is 7. The molecule has 8 nitrogen and oxygen atoms in total. The molecule has 1 amide bonds. The molecule has 0 unspecified atom stereocenters. The summed E-state index contributed by atoms with van der Waals surface area (Å²) in [6, 6.07) is 6.31. The van der Waals surface area contributed by atoms with Crippen molar-refractivity contribution in [1.29, 1.82) is 10.7 Å². The molecule has 0 spiro atoms. The maximum absolute atomic E-state index is 12.7. The number of likely N-dealkylation sites (tertiary alicyclic amines) is 1. The fraction of sp³-hybridized carbons (Fsp3) is 0.652. The second kappa shape index (κ2) is 11.7. The molecule has 1 aromatic heterocycles. The smallest absolute Gasteiger partial charge is 0.270 e. The minimum absolute atomic E-state index is 0.0362. The third-order valence-corrected chi connectivity index (χ3v) is 6.30. The number of anilines is 2. The summed E-state index contributed by atoms with van der Waals surface area (Å²) in [6.07, 6.45) is 10.3. The van der Waals surface area contributed by atoms with Crippen LogP contribution in [0, 0.1) is 16.7 Å². The van der Waals surface area contributed by atoms with Gasteiger partial charge in [-0.3, -0.25) is 15.1 Å². The second-order valence-corrected chi connectivity index (χ2v) is 8.59. The lowest BCUT2D eigenvalue weighted by atomic mass is 9.97. The van der Waals surface area contributed by atoms with E-state index in [9.17, 15) is 4.79 Å². The molecule has 8 heteroatoms. The van der Waals surface area contributed by atoms with E-state index in [2.05, 4.69) is 31.9 Å². The van der Waals surface area contributed by atoms with E-state index in [1.54, 1.807) is 7.05 Å². The lowest BCUT2D eigenvalue weighted by Crippen LogP contribution is -2.46. The van der Waals surface area contributed by atoms with E-state index in [-0.39, 0.29) is 17.7 Å². The number of aromatic nitrogens is 1. The van der Waals surface area contributed by atoms with Crippen LogP contribution in [0.2, 0.25) is 0 Å². The number of amides is 1. The topological polar surface area (TPSA) is 117 Å². The highest BCUT2D eigenvalue weighted by Crippen LogP contribution is 2.22. The van der Waals surface area contributed by atoms with Crippen LogP contribution in [0.25, 0.3) is 0 Å². The molecule has 4 N–H and O–H groups in total. The fourth-order valence-corrected chi connectivity index (χ4v) is 4.46. The Bertz CT molecular complexity index is 788. The van der Waals surface area contributed by atoms with Crippen LogP contribution in [0.5, 0.6) is 0 Å². The number of carbonyl (C=O) groups is 1. The zero-order valence-electron chi connectivity index (χ0n) is 18.5. The summed E-state index contributed by atoms with van der Waals surface area (Å²) in [4.78, 5) is 19.4. The average molecular weight is 426 g/mol. The molecule has 0 aromatic carbocycles. The first-order valence-electron chi connectivity index (χ1n) is 11.5. The van der Waals surface area contributed by atoms with Gasteiger partial charge in [-0.05, 0) is 37.8 Å². The molecule has 1 aliphatic heterocycles. The van der Waals surface area contributed by atoms with Gasteiger partial charge < -0.3 is 16.0 Å². The standard InChI is InChI=1S/C23H35N7O/c1-26-22-19(9-10-20(29-22)27-17-7-5-3-2-4-6-8-17)21(25)23(31)28-18-11-14-30(15-12-18)16-13-24/h9-10,17-18,25H,2-8,11-12,14-16H2,1H3,(H,28,31)(H2,26,27,29). The summed E-state index contributed by atoms with van der Waals surface area (Å²) in [6.45, 7) is 2.00. The van der Waals surface area contributed by atoms with Gasteiger partial charge in [0.15, 0.2) is 0 Å². The summed E-state index contributed by atoms with van der Waals surface area (Å²) >= 11 is 0. The van der Waals surface area contributed by atoms with E-state index in [0.29, 0.717) is 24.0 Å². The Balaban J connectivity index is 1.59. The summed E-state index contributed by atoms with van der Waals surface area (Å²) < 4.78 is 0. The molecule has 1 saturated heterocycles. The normalized spacial score (nSPS) is 19.0. The highest BCUT2D eigenvalue weighted by molar-refractivity contribution is 6.45. The number of carbonyl (C=O) groups excluding carboxylic acids is 1. The van der Waals surface area contributed by atoms with Gasteiger partial charge in [-0.15, -0.1) is 0 Å². The van der Waals surface area contributed by atoms with Crippen molar-refractivity contribution in [1.82, 2.24) is 15.2 Å². The first-order valence-corrected chi connectivity index (χ1v) is 11.5. The molecule has 1 saturated carbocycles. The lowest BCUT2D eigenvalue weighted by molar-refractivity contribution is -0.115. The van der Waals surface area contributed by atoms with Gasteiger partial charge >= 0.3 is 0 Å². The largest absolute Gasteiger partial charge is 0.373 e. The number of pyridine rings is 1. The first-order chi connectivity index (χ1) is 15.1. The minimum atomic E-state index is -0.377. The van der Waals surface area contributed by atoms with Crippen LogP contribution in [-0.4, -0.2) is 60.3 Å². The van der Waals surface area contributed by atoms with E-state index in [1.165, 1.54) is 32.1 Å². The molecular formula is C23H35N7O. The van der Waals surface area contributed by atoms with Gasteiger partial charge in [0.25, 0.3) is 5.91 Å². The highest BCUT2D eigenvalue weighted by Gasteiger charge is 2.24. The molecule has 0 radical (unpaired) electrons. The van der Waals surface area contributed by atoms with Crippen LogP contribution >= 0.6 is 0 Å². The highest BCUT2D eigenvalue weighted by atomic mass is 16.1. The van der Waals surface area contributed by atoms with Gasteiger partial charge in [0.05, 0.1) is 12.6 Å². The van der Waals surface area contributed by atoms with Crippen molar-refractivity contribution in [2.75, 3.05) is 37.3 Å². The fourth-order valence-electron chi connectivity index (χ4n) is 4.46. The van der Waals surface area contributed by atoms with Crippen molar-refractivity contribution in [2.45, 2.75) is 69.9 Å². The van der Waals surface area contributed by atoms with Gasteiger partial charge in [-0.1, -0.05) is 32.1 Å². The number of hydrogen-bond acceptors (Lipinski definition) is 7. The molecule has 3 rings (SSSR count). The van der Waals surface area contributed by atoms with Gasteiger partial charge in [0.1, 0.15) is 17.3 Å². The van der Waals surface area contributed by atoms with Crippen molar-refractivity contribution in [2.24, 2.45) is 0 Å². The van der Waals surface area contributed by atoms with E-state index >= 15 is 0 Å². The predicted molar refractivity (Wildman–Crippen MR) is 124 cm³/mol.